The van der Waals surface area contributed by atoms with Gasteiger partial charge in [0.05, 0.1) is 31.6 Å². The van der Waals surface area contributed by atoms with Crippen molar-refractivity contribution in [2.24, 2.45) is 17.8 Å². The van der Waals surface area contributed by atoms with Crippen molar-refractivity contribution in [1.82, 2.24) is 0 Å². The lowest BCUT2D eigenvalue weighted by atomic mass is 9.71. The van der Waals surface area contributed by atoms with Gasteiger partial charge in [-0.25, -0.2) is 0 Å². The second kappa shape index (κ2) is 6.55. The summed E-state index contributed by atoms with van der Waals surface area (Å²) in [7, 11) is 2.38. The van der Waals surface area contributed by atoms with E-state index in [-0.39, 0.29) is 12.8 Å². The molecular formula is C18H17Cl2F3O4. The van der Waals surface area contributed by atoms with Crippen LogP contribution in [0.4, 0.5) is 13.2 Å². The van der Waals surface area contributed by atoms with Gasteiger partial charge in [0.1, 0.15) is 4.33 Å². The predicted octanol–water partition coefficient (Wildman–Crippen LogP) is 4.12. The number of carbonyl (C=O) groups excluding carboxylic acids is 2. The van der Waals surface area contributed by atoms with Crippen molar-refractivity contribution in [1.29, 1.82) is 0 Å². The molecule has 4 atom stereocenters. The lowest BCUT2D eigenvalue weighted by molar-refractivity contribution is -0.160. The van der Waals surface area contributed by atoms with Gasteiger partial charge in [0.25, 0.3) is 0 Å². The maximum Gasteiger partial charge on any atom is 0.416 e. The molecule has 3 rings (SSSR count). The van der Waals surface area contributed by atoms with Crippen LogP contribution in [0.25, 0.3) is 0 Å². The van der Waals surface area contributed by atoms with Crippen LogP contribution >= 0.6 is 23.2 Å². The summed E-state index contributed by atoms with van der Waals surface area (Å²) in [6, 6.07) is 4.76. The van der Waals surface area contributed by atoms with Gasteiger partial charge >= 0.3 is 18.1 Å². The van der Waals surface area contributed by atoms with E-state index < -0.39 is 51.2 Å². The van der Waals surface area contributed by atoms with Gasteiger partial charge < -0.3 is 9.47 Å². The Balaban J connectivity index is 2.05. The molecule has 2 aliphatic rings. The van der Waals surface area contributed by atoms with Crippen LogP contribution in [0.1, 0.15) is 24.0 Å². The third-order valence-corrected chi connectivity index (χ3v) is 6.98. The van der Waals surface area contributed by atoms with Gasteiger partial charge in [-0.3, -0.25) is 9.59 Å². The maximum atomic E-state index is 13.1. The first-order valence-electron chi connectivity index (χ1n) is 8.22. The monoisotopic (exact) mass is 424 g/mol. The fourth-order valence-electron chi connectivity index (χ4n) is 4.36. The summed E-state index contributed by atoms with van der Waals surface area (Å²) in [5, 5.41) is 0. The van der Waals surface area contributed by atoms with E-state index in [1.807, 2.05) is 0 Å². The van der Waals surface area contributed by atoms with Crippen LogP contribution < -0.4 is 0 Å². The minimum absolute atomic E-state index is 0.00157. The lowest BCUT2D eigenvalue weighted by Crippen LogP contribution is -2.39. The van der Waals surface area contributed by atoms with Gasteiger partial charge in [-0.1, -0.05) is 18.2 Å². The second-order valence-corrected chi connectivity index (χ2v) is 8.31. The first kappa shape index (κ1) is 20.3. The van der Waals surface area contributed by atoms with E-state index in [1.165, 1.54) is 26.4 Å². The molecule has 1 aromatic rings. The molecule has 0 radical (unpaired) electrons. The van der Waals surface area contributed by atoms with Crippen LogP contribution in [0.15, 0.2) is 24.3 Å². The van der Waals surface area contributed by atoms with Gasteiger partial charge in [-0.15, -0.1) is 23.2 Å². The highest BCUT2D eigenvalue weighted by molar-refractivity contribution is 6.52. The van der Waals surface area contributed by atoms with Crippen molar-refractivity contribution >= 4 is 35.1 Å². The Morgan fingerprint density at radius 3 is 2.26 bits per heavy atom. The van der Waals surface area contributed by atoms with Crippen molar-refractivity contribution in [3.05, 3.63) is 35.4 Å². The van der Waals surface area contributed by atoms with Crippen LogP contribution in [0.3, 0.4) is 0 Å². The Hall–Kier alpha value is -1.47. The molecule has 0 bridgehead atoms. The summed E-state index contributed by atoms with van der Waals surface area (Å²) in [4.78, 5) is 24.4. The number of fused-ring (bicyclic) bond motifs is 1. The van der Waals surface area contributed by atoms with Crippen molar-refractivity contribution < 1.29 is 32.2 Å². The summed E-state index contributed by atoms with van der Waals surface area (Å²) < 4.78 is 47.6. The van der Waals surface area contributed by atoms with Crippen LogP contribution in [0.2, 0.25) is 0 Å². The first-order chi connectivity index (χ1) is 12.5. The minimum Gasteiger partial charge on any atom is -0.469 e. The van der Waals surface area contributed by atoms with Crippen molar-refractivity contribution in [2.45, 2.75) is 28.8 Å². The summed E-state index contributed by atoms with van der Waals surface area (Å²) in [6.45, 7) is 0. The maximum absolute atomic E-state index is 13.1. The van der Waals surface area contributed by atoms with E-state index in [1.54, 1.807) is 0 Å². The minimum atomic E-state index is -4.52. The molecule has 0 N–H and O–H groups in total. The molecule has 1 aromatic carbocycles. The molecule has 27 heavy (non-hydrogen) atoms. The van der Waals surface area contributed by atoms with E-state index in [0.717, 1.165) is 12.1 Å². The standard InChI is InChI=1S/C18H17Cl2F3O4/c1-26-14(24)11-7-13-16(17(13,19)20,8-12(11)15(25)27-2)9-4-3-5-10(6-9)18(21,22)23/h3-6,11-13H,7-8H2,1-2H3. The van der Waals surface area contributed by atoms with Gasteiger partial charge in [0, 0.05) is 11.3 Å². The molecule has 4 nitrogen and oxygen atoms in total. The number of carbonyl (C=O) groups is 2. The zero-order valence-electron chi connectivity index (χ0n) is 14.5. The van der Waals surface area contributed by atoms with E-state index in [2.05, 4.69) is 0 Å². The Labute approximate surface area is 163 Å². The summed E-state index contributed by atoms with van der Waals surface area (Å²) in [6.07, 6.45) is -4.41. The zero-order valence-corrected chi connectivity index (χ0v) is 16.0. The molecule has 0 aromatic heterocycles. The molecule has 2 fully saturated rings. The quantitative estimate of drug-likeness (QED) is 0.540. The van der Waals surface area contributed by atoms with Gasteiger partial charge in [-0.2, -0.15) is 13.2 Å². The summed E-state index contributed by atoms with van der Waals surface area (Å²) in [5.41, 5.74) is -1.60. The topological polar surface area (TPSA) is 52.6 Å². The Morgan fingerprint density at radius 2 is 1.70 bits per heavy atom. The van der Waals surface area contributed by atoms with Crippen molar-refractivity contribution in [2.75, 3.05) is 14.2 Å². The lowest BCUT2D eigenvalue weighted by Gasteiger charge is -2.32. The molecule has 0 spiro atoms. The van der Waals surface area contributed by atoms with Crippen LogP contribution in [-0.4, -0.2) is 30.5 Å². The molecule has 9 heteroatoms. The van der Waals surface area contributed by atoms with E-state index in [4.69, 9.17) is 32.7 Å². The van der Waals surface area contributed by atoms with Crippen molar-refractivity contribution in [3.8, 4) is 0 Å². The number of rotatable bonds is 3. The number of methoxy groups -OCH3 is 2. The van der Waals surface area contributed by atoms with Crippen LogP contribution in [0.5, 0.6) is 0 Å². The average molecular weight is 425 g/mol. The van der Waals surface area contributed by atoms with Gasteiger partial charge in [0.2, 0.25) is 0 Å². The Kier molecular flexibility index (Phi) is 4.92. The van der Waals surface area contributed by atoms with Crippen LogP contribution in [0, 0.1) is 17.8 Å². The predicted molar refractivity (Wildman–Crippen MR) is 91.3 cm³/mol. The molecule has 4 unspecified atom stereocenters. The molecule has 0 aliphatic heterocycles. The van der Waals surface area contributed by atoms with Crippen molar-refractivity contribution in [3.63, 3.8) is 0 Å². The first-order valence-corrected chi connectivity index (χ1v) is 8.97. The zero-order chi connectivity index (χ0) is 20.2. The number of hydrogen-bond acceptors (Lipinski definition) is 4. The second-order valence-electron chi connectivity index (χ2n) is 6.92. The number of hydrogen-bond donors (Lipinski definition) is 0. The number of halogens is 5. The highest BCUT2D eigenvalue weighted by Gasteiger charge is 2.79. The molecule has 0 heterocycles. The Bertz CT molecular complexity index is 780. The molecule has 2 saturated carbocycles. The summed E-state index contributed by atoms with van der Waals surface area (Å²) >= 11 is 13.0. The van der Waals surface area contributed by atoms with Gasteiger partial charge in [0.15, 0.2) is 0 Å². The fourth-order valence-corrected chi connectivity index (χ4v) is 5.44. The van der Waals surface area contributed by atoms with Crippen LogP contribution in [-0.2, 0) is 30.7 Å². The molecule has 2 aliphatic carbocycles. The highest BCUT2D eigenvalue weighted by atomic mass is 35.5. The SMILES string of the molecule is COC(=O)C1CC2C(Cl)(Cl)C2(c2cccc(C(F)(F)F)c2)CC1C(=O)OC. The number of ether oxygens (including phenoxy) is 2. The molecule has 148 valence electrons. The van der Waals surface area contributed by atoms with E-state index in [9.17, 15) is 22.8 Å². The molecule has 0 amide bonds. The number of alkyl halides is 5. The largest absolute Gasteiger partial charge is 0.469 e. The fraction of sp³-hybridized carbons (Fsp3) is 0.556. The molecular weight excluding hydrogens is 408 g/mol. The number of benzene rings is 1. The Morgan fingerprint density at radius 1 is 1.11 bits per heavy atom. The summed E-state index contributed by atoms with van der Waals surface area (Å²) in [5.74, 6) is -3.45. The molecule has 0 saturated heterocycles. The number of esters is 2. The van der Waals surface area contributed by atoms with Gasteiger partial charge in [-0.05, 0) is 24.5 Å². The third kappa shape index (κ3) is 2.99. The van der Waals surface area contributed by atoms with E-state index >= 15 is 0 Å². The third-order valence-electron chi connectivity index (χ3n) is 5.77. The average Bonchev–Trinajstić information content (AvgIpc) is 3.14. The van der Waals surface area contributed by atoms with E-state index in [0.29, 0.717) is 5.56 Å². The smallest absolute Gasteiger partial charge is 0.416 e. The normalized spacial score (nSPS) is 31.6. The highest BCUT2D eigenvalue weighted by Crippen LogP contribution is 2.76.